The van der Waals surface area contributed by atoms with Gasteiger partial charge in [0, 0.05) is 30.3 Å². The summed E-state index contributed by atoms with van der Waals surface area (Å²) < 4.78 is 0. The van der Waals surface area contributed by atoms with Crippen molar-refractivity contribution >= 4 is 16.9 Å². The van der Waals surface area contributed by atoms with Crippen molar-refractivity contribution in [1.82, 2.24) is 10.3 Å². The highest BCUT2D eigenvalue weighted by atomic mass is 14.9. The summed E-state index contributed by atoms with van der Waals surface area (Å²) in [6, 6.07) is 19.3. The maximum atomic E-state index is 4.05. The second kappa shape index (κ2) is 8.19. The molecule has 0 aliphatic heterocycles. The molecular weight excluding hydrogens is 330 g/mol. The Morgan fingerprint density at radius 1 is 0.963 bits per heavy atom. The number of rotatable bonds is 7. The number of pyridine rings is 1. The number of fused-ring (bicyclic) bond motifs is 1. The molecule has 27 heavy (non-hydrogen) atoms. The van der Waals surface area contributed by atoms with Crippen LogP contribution in [0, 0.1) is 6.92 Å². The van der Waals surface area contributed by atoms with Crippen molar-refractivity contribution in [2.45, 2.75) is 26.3 Å². The number of aromatic nitrogens is 1. The second-order valence-corrected chi connectivity index (χ2v) is 7.08. The molecule has 0 unspecified atom stereocenters. The van der Waals surface area contributed by atoms with Crippen molar-refractivity contribution < 1.29 is 0 Å². The lowest BCUT2D eigenvalue weighted by atomic mass is 10.0. The summed E-state index contributed by atoms with van der Waals surface area (Å²) in [6.07, 6.45) is 8.13. The lowest BCUT2D eigenvalue weighted by Gasteiger charge is -2.10. The minimum absolute atomic E-state index is 0.875. The summed E-state index contributed by atoms with van der Waals surface area (Å²) >= 11 is 0. The van der Waals surface area contributed by atoms with Crippen LogP contribution in [-0.4, -0.2) is 11.5 Å². The highest BCUT2D eigenvalue weighted by molar-refractivity contribution is 5.73. The maximum absolute atomic E-state index is 4.05. The molecule has 136 valence electrons. The highest BCUT2D eigenvalue weighted by Gasteiger charge is 2.13. The van der Waals surface area contributed by atoms with Crippen LogP contribution >= 0.6 is 0 Å². The molecular formula is C24H25N3. The van der Waals surface area contributed by atoms with Crippen molar-refractivity contribution in [3.8, 4) is 0 Å². The molecule has 3 nitrogen and oxygen atoms in total. The van der Waals surface area contributed by atoms with Crippen LogP contribution in [0.2, 0.25) is 0 Å². The Kier molecular flexibility index (Phi) is 5.31. The first-order valence-corrected chi connectivity index (χ1v) is 9.53. The quantitative estimate of drug-likeness (QED) is 0.568. The number of hydrogen-bond acceptors (Lipinski definition) is 3. The van der Waals surface area contributed by atoms with Gasteiger partial charge < -0.3 is 10.6 Å². The topological polar surface area (TPSA) is 37.0 Å². The van der Waals surface area contributed by atoms with E-state index in [-0.39, 0.29) is 0 Å². The minimum atomic E-state index is 0.875. The van der Waals surface area contributed by atoms with Gasteiger partial charge in [0.05, 0.1) is 0 Å². The van der Waals surface area contributed by atoms with Gasteiger partial charge >= 0.3 is 0 Å². The Morgan fingerprint density at radius 2 is 1.85 bits per heavy atom. The van der Waals surface area contributed by atoms with E-state index in [9.17, 15) is 0 Å². The predicted octanol–water partition coefficient (Wildman–Crippen LogP) is 5.25. The van der Waals surface area contributed by atoms with E-state index in [4.69, 9.17) is 0 Å². The molecule has 0 saturated carbocycles. The smallest absolute Gasteiger partial charge is 0.0415 e. The molecule has 2 aromatic carbocycles. The van der Waals surface area contributed by atoms with Gasteiger partial charge in [-0.15, -0.1) is 0 Å². The third-order valence-electron chi connectivity index (χ3n) is 4.98. The molecule has 0 bridgehead atoms. The fourth-order valence-corrected chi connectivity index (χ4v) is 3.56. The molecule has 0 amide bonds. The second-order valence-electron chi connectivity index (χ2n) is 7.08. The van der Waals surface area contributed by atoms with Gasteiger partial charge in [-0.2, -0.15) is 0 Å². The molecule has 4 rings (SSSR count). The number of anilines is 2. The van der Waals surface area contributed by atoms with Crippen LogP contribution in [0.15, 0.2) is 73.1 Å². The average Bonchev–Trinajstić information content (AvgIpc) is 3.08. The van der Waals surface area contributed by atoms with Gasteiger partial charge in [0.2, 0.25) is 0 Å². The van der Waals surface area contributed by atoms with Crippen LogP contribution in [0.4, 0.5) is 11.4 Å². The van der Waals surface area contributed by atoms with Crippen molar-refractivity contribution in [1.29, 1.82) is 0 Å². The van der Waals surface area contributed by atoms with Gasteiger partial charge in [-0.25, -0.2) is 0 Å². The largest absolute Gasteiger partial charge is 0.355 e. The van der Waals surface area contributed by atoms with Crippen LogP contribution in [0.25, 0.3) is 5.57 Å². The van der Waals surface area contributed by atoms with Crippen LogP contribution < -0.4 is 10.6 Å². The molecule has 3 aromatic rings. The van der Waals surface area contributed by atoms with Crippen LogP contribution in [0.5, 0.6) is 0 Å². The van der Waals surface area contributed by atoms with Gasteiger partial charge in [-0.3, -0.25) is 4.98 Å². The third-order valence-corrected chi connectivity index (χ3v) is 4.98. The summed E-state index contributed by atoms with van der Waals surface area (Å²) in [5.41, 5.74) is 9.17. The number of nitrogens with zero attached hydrogens (tertiary/aromatic N) is 1. The van der Waals surface area contributed by atoms with Gasteiger partial charge in [-0.1, -0.05) is 42.0 Å². The Balaban J connectivity index is 1.29. The van der Waals surface area contributed by atoms with Crippen molar-refractivity contribution in [2.24, 2.45) is 0 Å². The van der Waals surface area contributed by atoms with Crippen molar-refractivity contribution in [2.75, 3.05) is 11.9 Å². The Morgan fingerprint density at radius 3 is 2.74 bits per heavy atom. The van der Waals surface area contributed by atoms with Gasteiger partial charge in [0.25, 0.3) is 0 Å². The van der Waals surface area contributed by atoms with E-state index in [1.165, 1.54) is 27.8 Å². The molecule has 1 aliphatic rings. The fourth-order valence-electron chi connectivity index (χ4n) is 3.56. The van der Waals surface area contributed by atoms with Gasteiger partial charge in [0.1, 0.15) is 0 Å². The Bertz CT molecular complexity index is 945. The molecule has 0 fully saturated rings. The highest BCUT2D eigenvalue weighted by Crippen LogP contribution is 2.30. The maximum Gasteiger partial charge on any atom is 0.0415 e. The number of aryl methyl sites for hydroxylation is 1. The fraction of sp³-hybridized carbons (Fsp3) is 0.208. The standard InChI is InChI=1S/C24H25N3/c1-18-5-6-20-7-8-21(24(20)15-18)9-12-26-17-19-3-2-4-23(16-19)27-22-10-13-25-14-11-22/h2-6,8,10-11,13-16,26H,7,9,12,17H2,1H3,(H,25,27). The zero-order valence-electron chi connectivity index (χ0n) is 15.7. The monoisotopic (exact) mass is 355 g/mol. The molecule has 1 aliphatic carbocycles. The normalized spacial score (nSPS) is 12.6. The molecule has 1 aromatic heterocycles. The van der Waals surface area contributed by atoms with Crippen LogP contribution in [0.3, 0.4) is 0 Å². The predicted molar refractivity (Wildman–Crippen MR) is 113 cm³/mol. The molecule has 0 spiro atoms. The molecule has 0 atom stereocenters. The zero-order chi connectivity index (χ0) is 18.5. The van der Waals surface area contributed by atoms with Crippen LogP contribution in [-0.2, 0) is 13.0 Å². The minimum Gasteiger partial charge on any atom is -0.355 e. The van der Waals surface area contributed by atoms with Gasteiger partial charge in [-0.05, 0) is 72.8 Å². The van der Waals surface area contributed by atoms with E-state index >= 15 is 0 Å². The Hall–Kier alpha value is -2.91. The first-order chi connectivity index (χ1) is 13.3. The van der Waals surface area contributed by atoms with Crippen molar-refractivity contribution in [3.05, 3.63) is 95.3 Å². The summed E-state index contributed by atoms with van der Waals surface area (Å²) in [5, 5.41) is 7.01. The number of benzene rings is 2. The first-order valence-electron chi connectivity index (χ1n) is 9.53. The van der Waals surface area contributed by atoms with E-state index in [0.717, 1.165) is 37.3 Å². The SMILES string of the molecule is Cc1ccc2c(c1)C(CCNCc1cccc(Nc3ccncc3)c1)=CC2. The molecule has 0 radical (unpaired) electrons. The van der Waals surface area contributed by atoms with E-state index in [1.807, 2.05) is 12.1 Å². The lowest BCUT2D eigenvalue weighted by Crippen LogP contribution is -2.15. The summed E-state index contributed by atoms with van der Waals surface area (Å²) in [7, 11) is 0. The number of allylic oxidation sites excluding steroid dienone is 1. The van der Waals surface area contributed by atoms with E-state index in [1.54, 1.807) is 12.4 Å². The van der Waals surface area contributed by atoms with E-state index < -0.39 is 0 Å². The molecule has 3 heteroatoms. The van der Waals surface area contributed by atoms with E-state index in [0.29, 0.717) is 0 Å². The first kappa shape index (κ1) is 17.5. The van der Waals surface area contributed by atoms with E-state index in [2.05, 4.69) is 71.1 Å². The zero-order valence-corrected chi connectivity index (χ0v) is 15.7. The molecule has 0 saturated heterocycles. The molecule has 2 N–H and O–H groups in total. The van der Waals surface area contributed by atoms with Crippen LogP contribution in [0.1, 0.15) is 28.7 Å². The number of hydrogen-bond donors (Lipinski definition) is 2. The lowest BCUT2D eigenvalue weighted by molar-refractivity contribution is 0.700. The summed E-state index contributed by atoms with van der Waals surface area (Å²) in [5.74, 6) is 0. The Labute approximate surface area is 161 Å². The average molecular weight is 355 g/mol. The third kappa shape index (κ3) is 4.44. The molecule has 1 heterocycles. The van der Waals surface area contributed by atoms with Gasteiger partial charge in [0.15, 0.2) is 0 Å². The summed E-state index contributed by atoms with van der Waals surface area (Å²) in [4.78, 5) is 4.05. The van der Waals surface area contributed by atoms with Crippen molar-refractivity contribution in [3.63, 3.8) is 0 Å². The number of nitrogens with one attached hydrogen (secondary N) is 2. The summed E-state index contributed by atoms with van der Waals surface area (Å²) in [6.45, 7) is 4.03.